The number of ether oxygens (including phenoxy) is 1. The zero-order valence-electron chi connectivity index (χ0n) is 16.3. The van der Waals surface area contributed by atoms with Gasteiger partial charge in [-0.2, -0.15) is 0 Å². The van der Waals surface area contributed by atoms with Crippen molar-refractivity contribution in [2.75, 3.05) is 10.6 Å². The third-order valence-corrected chi connectivity index (χ3v) is 4.06. The summed E-state index contributed by atoms with van der Waals surface area (Å²) >= 11 is 0. The van der Waals surface area contributed by atoms with Gasteiger partial charge >= 0.3 is 0 Å². The van der Waals surface area contributed by atoms with Gasteiger partial charge in [0.25, 0.3) is 5.91 Å². The largest absolute Gasteiger partial charge is 0.489 e. The molecule has 0 aliphatic heterocycles. The molecular formula is C22H24N4O2. The van der Waals surface area contributed by atoms with Gasteiger partial charge < -0.3 is 15.4 Å². The molecule has 0 radical (unpaired) electrons. The quantitative estimate of drug-likeness (QED) is 0.618. The molecule has 0 bridgehead atoms. The predicted octanol–water partition coefficient (Wildman–Crippen LogP) is 4.82. The van der Waals surface area contributed by atoms with Gasteiger partial charge in [-0.25, -0.2) is 9.97 Å². The van der Waals surface area contributed by atoms with E-state index in [-0.39, 0.29) is 12.0 Å². The molecule has 144 valence electrons. The summed E-state index contributed by atoms with van der Waals surface area (Å²) in [4.78, 5) is 21.0. The van der Waals surface area contributed by atoms with Gasteiger partial charge in [0, 0.05) is 18.1 Å². The van der Waals surface area contributed by atoms with Crippen LogP contribution in [0, 0.1) is 0 Å². The van der Waals surface area contributed by atoms with E-state index in [1.165, 1.54) is 12.4 Å². The van der Waals surface area contributed by atoms with Crippen molar-refractivity contribution < 1.29 is 9.53 Å². The molecule has 2 aromatic carbocycles. The van der Waals surface area contributed by atoms with E-state index in [9.17, 15) is 4.79 Å². The minimum atomic E-state index is -0.240. The van der Waals surface area contributed by atoms with E-state index in [0.29, 0.717) is 11.5 Å². The summed E-state index contributed by atoms with van der Waals surface area (Å²) in [7, 11) is 0. The summed E-state index contributed by atoms with van der Waals surface area (Å²) in [6.07, 6.45) is 3.91. The molecule has 0 spiro atoms. The summed E-state index contributed by atoms with van der Waals surface area (Å²) in [5, 5.41) is 6.05. The number of rotatable bonds is 7. The van der Waals surface area contributed by atoms with Crippen molar-refractivity contribution in [3.8, 4) is 5.75 Å². The average Bonchev–Trinajstić information content (AvgIpc) is 2.70. The highest BCUT2D eigenvalue weighted by Gasteiger charge is 2.11. The Morgan fingerprint density at radius 2 is 1.64 bits per heavy atom. The average molecular weight is 376 g/mol. The van der Waals surface area contributed by atoms with Crippen molar-refractivity contribution in [1.29, 1.82) is 0 Å². The standard InChI is InChI=1S/C22H24N4O2/c1-4-16-9-5-6-10-18(16)25-21(27)17-13-23-22(24-14-17)26-19-11-7-8-12-20(19)28-15(2)3/h5-15H,4H2,1-3H3,(H,25,27)(H,23,24,26). The number of hydrogen-bond acceptors (Lipinski definition) is 5. The summed E-state index contributed by atoms with van der Waals surface area (Å²) in [5.41, 5.74) is 3.04. The molecule has 0 aliphatic rings. The number of anilines is 3. The predicted molar refractivity (Wildman–Crippen MR) is 111 cm³/mol. The lowest BCUT2D eigenvalue weighted by Gasteiger charge is -2.14. The Labute approximate surface area is 165 Å². The topological polar surface area (TPSA) is 76.1 Å². The first kappa shape index (κ1) is 19.4. The van der Waals surface area contributed by atoms with Crippen LogP contribution in [-0.4, -0.2) is 22.0 Å². The number of carbonyl (C=O) groups excluding carboxylic acids is 1. The maximum absolute atomic E-state index is 12.5. The van der Waals surface area contributed by atoms with Gasteiger partial charge in [-0.3, -0.25) is 4.79 Å². The zero-order chi connectivity index (χ0) is 19.9. The maximum atomic E-state index is 12.5. The highest BCUT2D eigenvalue weighted by Crippen LogP contribution is 2.27. The van der Waals surface area contributed by atoms with Gasteiger partial charge in [0.15, 0.2) is 0 Å². The van der Waals surface area contributed by atoms with Gasteiger partial charge in [0.05, 0.1) is 17.4 Å². The first-order chi connectivity index (χ1) is 13.6. The highest BCUT2D eigenvalue weighted by molar-refractivity contribution is 6.04. The third-order valence-electron chi connectivity index (χ3n) is 4.06. The van der Waals surface area contributed by atoms with Crippen LogP contribution >= 0.6 is 0 Å². The van der Waals surface area contributed by atoms with E-state index in [1.807, 2.05) is 62.4 Å². The van der Waals surface area contributed by atoms with E-state index in [4.69, 9.17) is 4.74 Å². The molecular weight excluding hydrogens is 352 g/mol. The Bertz CT molecular complexity index is 939. The minimum absolute atomic E-state index is 0.0564. The van der Waals surface area contributed by atoms with Crippen molar-refractivity contribution in [3.63, 3.8) is 0 Å². The van der Waals surface area contributed by atoms with Crippen LogP contribution in [0.5, 0.6) is 5.75 Å². The molecule has 0 fully saturated rings. The van der Waals surface area contributed by atoms with Crippen LogP contribution in [0.25, 0.3) is 0 Å². The first-order valence-electron chi connectivity index (χ1n) is 9.30. The fraction of sp³-hybridized carbons (Fsp3) is 0.227. The molecule has 1 aromatic heterocycles. The number of aromatic nitrogens is 2. The fourth-order valence-corrected chi connectivity index (χ4v) is 2.70. The SMILES string of the molecule is CCc1ccccc1NC(=O)c1cnc(Nc2ccccc2OC(C)C)nc1. The van der Waals surface area contributed by atoms with E-state index in [1.54, 1.807) is 0 Å². The van der Waals surface area contributed by atoms with Crippen molar-refractivity contribution in [1.82, 2.24) is 9.97 Å². The summed E-state index contributed by atoms with van der Waals surface area (Å²) in [5.74, 6) is 0.875. The van der Waals surface area contributed by atoms with Gasteiger partial charge in [-0.1, -0.05) is 37.3 Å². The molecule has 2 N–H and O–H groups in total. The number of nitrogens with one attached hydrogen (secondary N) is 2. The molecule has 0 saturated heterocycles. The Morgan fingerprint density at radius 3 is 2.32 bits per heavy atom. The Balaban J connectivity index is 1.71. The van der Waals surface area contributed by atoms with Gasteiger partial charge in [-0.05, 0) is 44.0 Å². The van der Waals surface area contributed by atoms with E-state index in [2.05, 4.69) is 27.5 Å². The van der Waals surface area contributed by atoms with Gasteiger partial charge in [0.1, 0.15) is 5.75 Å². The normalized spacial score (nSPS) is 10.6. The number of nitrogens with zero attached hydrogens (tertiary/aromatic N) is 2. The number of para-hydroxylation sites is 3. The molecule has 3 aromatic rings. The molecule has 6 nitrogen and oxygen atoms in total. The Kier molecular flexibility index (Phi) is 6.22. The zero-order valence-corrected chi connectivity index (χ0v) is 16.3. The van der Waals surface area contributed by atoms with Gasteiger partial charge in [-0.15, -0.1) is 0 Å². The Morgan fingerprint density at radius 1 is 1.00 bits per heavy atom. The molecule has 1 amide bonds. The van der Waals surface area contributed by atoms with Crippen LogP contribution in [0.15, 0.2) is 60.9 Å². The highest BCUT2D eigenvalue weighted by atomic mass is 16.5. The maximum Gasteiger partial charge on any atom is 0.258 e. The fourth-order valence-electron chi connectivity index (χ4n) is 2.70. The lowest BCUT2D eigenvalue weighted by molar-refractivity contribution is 0.102. The number of amides is 1. The van der Waals surface area contributed by atoms with Crippen LogP contribution in [0.3, 0.4) is 0 Å². The Hall–Kier alpha value is -3.41. The molecule has 0 saturated carbocycles. The van der Waals surface area contributed by atoms with E-state index < -0.39 is 0 Å². The van der Waals surface area contributed by atoms with Gasteiger partial charge in [0.2, 0.25) is 5.95 Å². The van der Waals surface area contributed by atoms with E-state index >= 15 is 0 Å². The van der Waals surface area contributed by atoms with E-state index in [0.717, 1.165) is 29.1 Å². The lowest BCUT2D eigenvalue weighted by Crippen LogP contribution is -2.14. The number of carbonyl (C=O) groups is 1. The van der Waals surface area contributed by atoms with Crippen molar-refractivity contribution in [3.05, 3.63) is 72.1 Å². The van der Waals surface area contributed by atoms with Crippen LogP contribution in [0.1, 0.15) is 36.7 Å². The van der Waals surface area contributed by atoms with Crippen LogP contribution in [0.4, 0.5) is 17.3 Å². The number of hydrogen-bond donors (Lipinski definition) is 2. The van der Waals surface area contributed by atoms with Crippen LogP contribution < -0.4 is 15.4 Å². The number of benzene rings is 2. The first-order valence-corrected chi connectivity index (χ1v) is 9.30. The molecule has 28 heavy (non-hydrogen) atoms. The summed E-state index contributed by atoms with van der Waals surface area (Å²) < 4.78 is 5.79. The van der Waals surface area contributed by atoms with Crippen LogP contribution in [-0.2, 0) is 6.42 Å². The van der Waals surface area contributed by atoms with Crippen molar-refractivity contribution in [2.24, 2.45) is 0 Å². The summed E-state index contributed by atoms with van der Waals surface area (Å²) in [6.45, 7) is 5.99. The third kappa shape index (κ3) is 4.85. The van der Waals surface area contributed by atoms with Crippen LogP contribution in [0.2, 0.25) is 0 Å². The minimum Gasteiger partial charge on any atom is -0.489 e. The molecule has 6 heteroatoms. The molecule has 0 atom stereocenters. The second-order valence-corrected chi connectivity index (χ2v) is 6.55. The second kappa shape index (κ2) is 8.99. The monoisotopic (exact) mass is 376 g/mol. The molecule has 1 heterocycles. The lowest BCUT2D eigenvalue weighted by atomic mass is 10.1. The van der Waals surface area contributed by atoms with Crippen molar-refractivity contribution in [2.45, 2.75) is 33.3 Å². The molecule has 0 unspecified atom stereocenters. The summed E-state index contributed by atoms with van der Waals surface area (Å²) in [6, 6.07) is 15.3. The molecule has 0 aliphatic carbocycles. The second-order valence-electron chi connectivity index (χ2n) is 6.55. The smallest absolute Gasteiger partial charge is 0.258 e. The number of aryl methyl sites for hydroxylation is 1. The van der Waals surface area contributed by atoms with Crippen molar-refractivity contribution >= 4 is 23.2 Å². The molecule has 3 rings (SSSR count).